The Kier molecular flexibility index (Phi) is 4.45. The van der Waals surface area contributed by atoms with Crippen molar-refractivity contribution in [3.05, 3.63) is 90.0 Å². The molecule has 0 unspecified atom stereocenters. The molecule has 3 aromatic carbocycles. The van der Waals surface area contributed by atoms with Gasteiger partial charge in [0, 0.05) is 30.9 Å². The van der Waals surface area contributed by atoms with Crippen molar-refractivity contribution in [3.8, 4) is 23.0 Å². The van der Waals surface area contributed by atoms with Crippen LogP contribution < -0.4 is 4.90 Å². The summed E-state index contributed by atoms with van der Waals surface area (Å²) in [6.07, 6.45) is 0. The molecule has 1 nitrogen and oxygen atoms in total. The maximum absolute atomic E-state index is 3.22. The highest BCUT2D eigenvalue weighted by atomic mass is 15.1. The van der Waals surface area contributed by atoms with Crippen LogP contribution in [0.1, 0.15) is 11.1 Å². The van der Waals surface area contributed by atoms with Crippen LogP contribution >= 0.6 is 0 Å². The van der Waals surface area contributed by atoms with E-state index in [0.717, 1.165) is 11.1 Å². The first-order valence-electron chi connectivity index (χ1n) is 7.67. The third-order valence-corrected chi connectivity index (χ3v) is 3.73. The molecule has 0 saturated carbocycles. The summed E-state index contributed by atoms with van der Waals surface area (Å²) in [5.74, 6) is 6.44. The summed E-state index contributed by atoms with van der Waals surface area (Å²) in [5, 5.41) is 0. The summed E-state index contributed by atoms with van der Waals surface area (Å²) in [4.78, 5) is 2.08. The molecule has 23 heavy (non-hydrogen) atoms. The van der Waals surface area contributed by atoms with Crippen LogP contribution in [-0.2, 0) is 0 Å². The lowest BCUT2D eigenvalue weighted by Gasteiger charge is -2.11. The number of benzene rings is 3. The van der Waals surface area contributed by atoms with Gasteiger partial charge in [-0.25, -0.2) is 0 Å². The average Bonchev–Trinajstić information content (AvgIpc) is 2.61. The van der Waals surface area contributed by atoms with Crippen LogP contribution in [0.4, 0.5) is 5.69 Å². The first kappa shape index (κ1) is 14.9. The molecule has 0 aliphatic rings. The van der Waals surface area contributed by atoms with Crippen LogP contribution in [0.5, 0.6) is 0 Å². The minimum atomic E-state index is 1.03. The normalized spacial score (nSPS) is 9.83. The number of hydrogen-bond donors (Lipinski definition) is 0. The minimum absolute atomic E-state index is 1.03. The molecule has 0 fully saturated rings. The van der Waals surface area contributed by atoms with Gasteiger partial charge in [-0.05, 0) is 47.5 Å². The quantitative estimate of drug-likeness (QED) is 0.613. The Morgan fingerprint density at radius 3 is 1.57 bits per heavy atom. The molecule has 0 N–H and O–H groups in total. The highest BCUT2D eigenvalue weighted by molar-refractivity contribution is 5.64. The molecule has 0 bridgehead atoms. The summed E-state index contributed by atoms with van der Waals surface area (Å²) in [6.45, 7) is 0. The summed E-state index contributed by atoms with van der Waals surface area (Å²) in [6, 6.07) is 27.0. The Morgan fingerprint density at radius 1 is 0.565 bits per heavy atom. The summed E-state index contributed by atoms with van der Waals surface area (Å²) in [7, 11) is 4.07. The maximum atomic E-state index is 3.22. The SMILES string of the molecule is CN(C)c1ccc(C#Cc2ccc(-c3ccccc3)cc2)cc1. The largest absolute Gasteiger partial charge is 0.378 e. The number of rotatable bonds is 2. The van der Waals surface area contributed by atoms with Gasteiger partial charge in [-0.3, -0.25) is 0 Å². The summed E-state index contributed by atoms with van der Waals surface area (Å²) in [5.41, 5.74) is 5.68. The molecule has 0 aliphatic heterocycles. The molecule has 0 amide bonds. The maximum Gasteiger partial charge on any atom is 0.0361 e. The molecular formula is C22H19N. The van der Waals surface area contributed by atoms with E-state index in [1.165, 1.54) is 16.8 Å². The second kappa shape index (κ2) is 6.85. The zero-order valence-corrected chi connectivity index (χ0v) is 13.5. The van der Waals surface area contributed by atoms with Crippen molar-refractivity contribution < 1.29 is 0 Å². The van der Waals surface area contributed by atoms with Crippen LogP contribution in [-0.4, -0.2) is 14.1 Å². The fourth-order valence-electron chi connectivity index (χ4n) is 2.36. The molecular weight excluding hydrogens is 278 g/mol. The van der Waals surface area contributed by atoms with Crippen molar-refractivity contribution in [2.24, 2.45) is 0 Å². The zero-order valence-electron chi connectivity index (χ0n) is 13.5. The van der Waals surface area contributed by atoms with Gasteiger partial charge in [-0.2, -0.15) is 0 Å². The molecule has 0 aliphatic carbocycles. The van der Waals surface area contributed by atoms with Gasteiger partial charge in [-0.1, -0.05) is 54.3 Å². The summed E-state index contributed by atoms with van der Waals surface area (Å²) < 4.78 is 0. The van der Waals surface area contributed by atoms with E-state index in [1.54, 1.807) is 0 Å². The van der Waals surface area contributed by atoms with Crippen molar-refractivity contribution in [2.75, 3.05) is 19.0 Å². The van der Waals surface area contributed by atoms with Gasteiger partial charge < -0.3 is 4.90 Å². The Morgan fingerprint density at radius 2 is 1.04 bits per heavy atom. The third kappa shape index (κ3) is 3.81. The monoisotopic (exact) mass is 297 g/mol. The Hall–Kier alpha value is -2.98. The van der Waals surface area contributed by atoms with Crippen molar-refractivity contribution in [2.45, 2.75) is 0 Å². The van der Waals surface area contributed by atoms with E-state index >= 15 is 0 Å². The Bertz CT molecular complexity index is 817. The second-order valence-electron chi connectivity index (χ2n) is 5.63. The highest BCUT2D eigenvalue weighted by Gasteiger charge is 1.96. The molecule has 3 rings (SSSR count). The first-order chi connectivity index (χ1) is 11.2. The van der Waals surface area contributed by atoms with Crippen molar-refractivity contribution in [3.63, 3.8) is 0 Å². The average molecular weight is 297 g/mol. The highest BCUT2D eigenvalue weighted by Crippen LogP contribution is 2.19. The van der Waals surface area contributed by atoms with Gasteiger partial charge in [0.15, 0.2) is 0 Å². The van der Waals surface area contributed by atoms with Gasteiger partial charge >= 0.3 is 0 Å². The molecule has 112 valence electrons. The number of nitrogens with zero attached hydrogens (tertiary/aromatic N) is 1. The van der Waals surface area contributed by atoms with Gasteiger partial charge in [-0.15, -0.1) is 0 Å². The Labute approximate surface area is 138 Å². The van der Waals surface area contributed by atoms with E-state index in [-0.39, 0.29) is 0 Å². The second-order valence-corrected chi connectivity index (χ2v) is 5.63. The lowest BCUT2D eigenvalue weighted by Crippen LogP contribution is -2.07. The lowest BCUT2D eigenvalue weighted by molar-refractivity contribution is 1.13. The molecule has 0 radical (unpaired) electrons. The molecule has 0 saturated heterocycles. The topological polar surface area (TPSA) is 3.24 Å². The predicted molar refractivity (Wildman–Crippen MR) is 98.6 cm³/mol. The molecule has 0 atom stereocenters. The Balaban J connectivity index is 1.76. The number of anilines is 1. The van der Waals surface area contributed by atoms with E-state index in [9.17, 15) is 0 Å². The standard InChI is InChI=1S/C22H19N/c1-23(2)22-16-12-19(13-17-22)9-8-18-10-14-21(15-11-18)20-6-4-3-5-7-20/h3-7,10-17H,1-2H3. The third-order valence-electron chi connectivity index (χ3n) is 3.73. The van der Waals surface area contributed by atoms with E-state index in [2.05, 4.69) is 89.5 Å². The van der Waals surface area contributed by atoms with Crippen molar-refractivity contribution in [1.82, 2.24) is 0 Å². The van der Waals surface area contributed by atoms with Gasteiger partial charge in [0.2, 0.25) is 0 Å². The van der Waals surface area contributed by atoms with Crippen molar-refractivity contribution >= 4 is 5.69 Å². The lowest BCUT2D eigenvalue weighted by atomic mass is 10.0. The molecule has 0 spiro atoms. The number of hydrogen-bond acceptors (Lipinski definition) is 1. The van der Waals surface area contributed by atoms with Gasteiger partial charge in [0.25, 0.3) is 0 Å². The van der Waals surface area contributed by atoms with Crippen LogP contribution in [0.2, 0.25) is 0 Å². The first-order valence-corrected chi connectivity index (χ1v) is 7.67. The predicted octanol–water partition coefficient (Wildman–Crippen LogP) is 4.82. The molecule has 0 aromatic heterocycles. The van der Waals surface area contributed by atoms with E-state index in [4.69, 9.17) is 0 Å². The van der Waals surface area contributed by atoms with Crippen molar-refractivity contribution in [1.29, 1.82) is 0 Å². The van der Waals surface area contributed by atoms with Gasteiger partial charge in [0.1, 0.15) is 0 Å². The van der Waals surface area contributed by atoms with E-state index in [1.807, 2.05) is 20.2 Å². The summed E-state index contributed by atoms with van der Waals surface area (Å²) >= 11 is 0. The van der Waals surface area contributed by atoms with Crippen LogP contribution in [0.3, 0.4) is 0 Å². The van der Waals surface area contributed by atoms with E-state index < -0.39 is 0 Å². The fourth-order valence-corrected chi connectivity index (χ4v) is 2.36. The minimum Gasteiger partial charge on any atom is -0.378 e. The molecule has 3 aromatic rings. The smallest absolute Gasteiger partial charge is 0.0361 e. The van der Waals surface area contributed by atoms with Gasteiger partial charge in [0.05, 0.1) is 0 Å². The van der Waals surface area contributed by atoms with E-state index in [0.29, 0.717) is 0 Å². The van der Waals surface area contributed by atoms with Crippen LogP contribution in [0, 0.1) is 11.8 Å². The zero-order chi connectivity index (χ0) is 16.1. The molecule has 0 heterocycles. The fraction of sp³-hybridized carbons (Fsp3) is 0.0909. The van der Waals surface area contributed by atoms with Crippen LogP contribution in [0.25, 0.3) is 11.1 Å². The molecule has 1 heteroatoms. The van der Waals surface area contributed by atoms with Crippen LogP contribution in [0.15, 0.2) is 78.9 Å².